The van der Waals surface area contributed by atoms with E-state index in [1.54, 1.807) is 12.5 Å². The van der Waals surface area contributed by atoms with Gasteiger partial charge in [0, 0.05) is 18.3 Å². The molecule has 3 aromatic rings. The smallest absolute Gasteiger partial charge is 0.231 e. The van der Waals surface area contributed by atoms with E-state index >= 15 is 0 Å². The summed E-state index contributed by atoms with van der Waals surface area (Å²) in [6.45, 7) is 6.37. The number of aromatic amines is 1. The third-order valence-corrected chi connectivity index (χ3v) is 4.37. The predicted molar refractivity (Wildman–Crippen MR) is 93.4 cm³/mol. The fourth-order valence-electron chi connectivity index (χ4n) is 2.74. The number of nitrogens with zero attached hydrogens (tertiary/aromatic N) is 5. The molecule has 3 N–H and O–H groups in total. The molecule has 1 aliphatic rings. The largest absolute Gasteiger partial charge is 0.365 e. The van der Waals surface area contributed by atoms with E-state index in [0.717, 1.165) is 22.9 Å². The zero-order valence-electron chi connectivity index (χ0n) is 14.1. The van der Waals surface area contributed by atoms with Crippen LogP contribution in [0.4, 0.5) is 17.5 Å². The van der Waals surface area contributed by atoms with Crippen LogP contribution in [0.15, 0.2) is 18.7 Å². The first-order chi connectivity index (χ1) is 11.6. The lowest BCUT2D eigenvalue weighted by Gasteiger charge is -2.14. The topological polar surface area (TPSA) is 96.3 Å². The highest BCUT2D eigenvalue weighted by Crippen LogP contribution is 2.34. The van der Waals surface area contributed by atoms with Crippen molar-refractivity contribution < 1.29 is 0 Å². The van der Waals surface area contributed by atoms with E-state index in [1.165, 1.54) is 12.8 Å². The lowest BCUT2D eigenvalue weighted by atomic mass is 10.2. The highest BCUT2D eigenvalue weighted by molar-refractivity contribution is 5.84. The van der Waals surface area contributed by atoms with E-state index in [2.05, 4.69) is 56.4 Å². The molecule has 0 bridgehead atoms. The number of H-pyrrole nitrogens is 1. The molecule has 4 rings (SSSR count). The van der Waals surface area contributed by atoms with Crippen molar-refractivity contribution in [3.63, 3.8) is 0 Å². The van der Waals surface area contributed by atoms with Crippen LogP contribution in [-0.4, -0.2) is 35.8 Å². The molecule has 0 aliphatic heterocycles. The molecular weight excluding hydrogens is 304 g/mol. The Balaban J connectivity index is 1.62. The van der Waals surface area contributed by atoms with Crippen LogP contribution in [0.25, 0.3) is 11.2 Å². The second kappa shape index (κ2) is 5.77. The summed E-state index contributed by atoms with van der Waals surface area (Å²) in [5, 5.41) is 11.0. The molecule has 8 nitrogen and oxygen atoms in total. The molecule has 8 heteroatoms. The summed E-state index contributed by atoms with van der Waals surface area (Å²) < 4.78 is 1.89. The first-order valence-electron chi connectivity index (χ1n) is 8.39. The van der Waals surface area contributed by atoms with Gasteiger partial charge in [0.15, 0.2) is 11.5 Å². The van der Waals surface area contributed by atoms with E-state index in [-0.39, 0.29) is 0 Å². The third kappa shape index (κ3) is 2.91. The molecule has 1 saturated carbocycles. The number of fused-ring (bicyclic) bond motifs is 1. The van der Waals surface area contributed by atoms with Gasteiger partial charge in [-0.25, -0.2) is 4.98 Å². The van der Waals surface area contributed by atoms with Gasteiger partial charge >= 0.3 is 0 Å². The van der Waals surface area contributed by atoms with Gasteiger partial charge in [-0.2, -0.15) is 15.1 Å². The van der Waals surface area contributed by atoms with E-state index in [1.807, 2.05) is 10.9 Å². The molecule has 0 unspecified atom stereocenters. The van der Waals surface area contributed by atoms with Crippen LogP contribution in [0.2, 0.25) is 0 Å². The highest BCUT2D eigenvalue weighted by Gasteiger charge is 2.28. The molecule has 0 amide bonds. The average molecular weight is 326 g/mol. The van der Waals surface area contributed by atoms with Gasteiger partial charge in [-0.1, -0.05) is 0 Å². The van der Waals surface area contributed by atoms with E-state index in [4.69, 9.17) is 0 Å². The second-order valence-corrected chi connectivity index (χ2v) is 6.70. The second-order valence-electron chi connectivity index (χ2n) is 6.70. The Bertz CT molecular complexity index is 845. The molecule has 0 saturated heterocycles. The van der Waals surface area contributed by atoms with Gasteiger partial charge in [0.1, 0.15) is 5.52 Å². The van der Waals surface area contributed by atoms with Crippen molar-refractivity contribution >= 4 is 28.6 Å². The summed E-state index contributed by atoms with van der Waals surface area (Å²) in [5.74, 6) is 2.04. The van der Waals surface area contributed by atoms with Crippen molar-refractivity contribution in [2.75, 3.05) is 10.6 Å². The number of aromatic nitrogens is 6. The number of rotatable bonds is 6. The van der Waals surface area contributed by atoms with Crippen molar-refractivity contribution in [2.24, 2.45) is 5.92 Å². The van der Waals surface area contributed by atoms with Crippen molar-refractivity contribution in [2.45, 2.75) is 45.7 Å². The minimum atomic E-state index is 0.312. The summed E-state index contributed by atoms with van der Waals surface area (Å²) in [6.07, 6.45) is 7.93. The summed E-state index contributed by atoms with van der Waals surface area (Å²) >= 11 is 0. The molecule has 1 aliphatic carbocycles. The Labute approximate surface area is 140 Å². The van der Waals surface area contributed by atoms with Gasteiger partial charge in [0.05, 0.1) is 18.2 Å². The van der Waals surface area contributed by atoms with Gasteiger partial charge in [-0.3, -0.25) is 4.68 Å². The molecule has 3 heterocycles. The summed E-state index contributed by atoms with van der Waals surface area (Å²) in [7, 11) is 0. The van der Waals surface area contributed by atoms with Crippen LogP contribution < -0.4 is 10.6 Å². The first-order valence-corrected chi connectivity index (χ1v) is 8.39. The Morgan fingerprint density at radius 3 is 2.79 bits per heavy atom. The van der Waals surface area contributed by atoms with Gasteiger partial charge in [-0.05, 0) is 39.5 Å². The summed E-state index contributed by atoms with van der Waals surface area (Å²) in [6, 6.07) is 0.704. The SMILES string of the molecule is CC(C)n1cc(Nc2nc(N[C@H](C)C3CC3)c3[nH]cnc3n2)cn1. The molecule has 0 aromatic carbocycles. The number of nitrogens with one attached hydrogen (secondary N) is 3. The molecule has 1 atom stereocenters. The standard InChI is InChI=1S/C16H22N8/c1-9(2)24-7-12(6-19-24)21-16-22-14-13(17-8-18-14)15(23-16)20-10(3)11-4-5-11/h6-11H,4-5H2,1-3H3,(H3,17,18,20,21,22,23)/t10-/m1/s1. The molecular formula is C16H22N8. The number of imidazole rings is 1. The lowest BCUT2D eigenvalue weighted by Crippen LogP contribution is -2.19. The van der Waals surface area contributed by atoms with Crippen molar-refractivity contribution in [3.8, 4) is 0 Å². The monoisotopic (exact) mass is 326 g/mol. The highest BCUT2D eigenvalue weighted by atomic mass is 15.3. The molecule has 0 radical (unpaired) electrons. The minimum absolute atomic E-state index is 0.312. The average Bonchev–Trinajstić information content (AvgIpc) is 3.10. The molecule has 126 valence electrons. The molecule has 1 fully saturated rings. The minimum Gasteiger partial charge on any atom is -0.365 e. The summed E-state index contributed by atoms with van der Waals surface area (Å²) in [5.41, 5.74) is 2.35. The fraction of sp³-hybridized carbons (Fsp3) is 0.500. The van der Waals surface area contributed by atoms with Crippen molar-refractivity contribution in [1.82, 2.24) is 29.7 Å². The maximum atomic E-state index is 4.63. The van der Waals surface area contributed by atoms with Crippen LogP contribution >= 0.6 is 0 Å². The predicted octanol–water partition coefficient (Wildman–Crippen LogP) is 3.08. The maximum Gasteiger partial charge on any atom is 0.231 e. The Hall–Kier alpha value is -2.64. The molecule has 24 heavy (non-hydrogen) atoms. The normalized spacial score (nSPS) is 15.8. The van der Waals surface area contributed by atoms with E-state index in [0.29, 0.717) is 23.7 Å². The Kier molecular flexibility index (Phi) is 3.59. The number of hydrogen-bond acceptors (Lipinski definition) is 6. The van der Waals surface area contributed by atoms with Crippen molar-refractivity contribution in [1.29, 1.82) is 0 Å². The van der Waals surface area contributed by atoms with E-state index < -0.39 is 0 Å². The van der Waals surface area contributed by atoms with E-state index in [9.17, 15) is 0 Å². The van der Waals surface area contributed by atoms with Gasteiger partial charge in [0.25, 0.3) is 0 Å². The van der Waals surface area contributed by atoms with Crippen LogP contribution in [0, 0.1) is 5.92 Å². The Morgan fingerprint density at radius 1 is 1.25 bits per heavy atom. The molecule has 0 spiro atoms. The van der Waals surface area contributed by atoms with Gasteiger partial charge < -0.3 is 15.6 Å². The Morgan fingerprint density at radius 2 is 2.08 bits per heavy atom. The van der Waals surface area contributed by atoms with Crippen LogP contribution in [-0.2, 0) is 0 Å². The third-order valence-electron chi connectivity index (χ3n) is 4.37. The first kappa shape index (κ1) is 14.9. The quantitative estimate of drug-likeness (QED) is 0.644. The number of hydrogen-bond donors (Lipinski definition) is 3. The van der Waals surface area contributed by atoms with Crippen LogP contribution in [0.3, 0.4) is 0 Å². The fourth-order valence-corrected chi connectivity index (χ4v) is 2.74. The number of anilines is 3. The zero-order valence-corrected chi connectivity index (χ0v) is 14.1. The maximum absolute atomic E-state index is 4.63. The zero-order chi connectivity index (χ0) is 16.7. The van der Waals surface area contributed by atoms with Gasteiger partial charge in [0.2, 0.25) is 5.95 Å². The molecule has 3 aromatic heterocycles. The van der Waals surface area contributed by atoms with Crippen LogP contribution in [0.5, 0.6) is 0 Å². The lowest BCUT2D eigenvalue weighted by molar-refractivity contribution is 0.532. The van der Waals surface area contributed by atoms with Gasteiger partial charge in [-0.15, -0.1) is 0 Å². The summed E-state index contributed by atoms with van der Waals surface area (Å²) in [4.78, 5) is 16.5. The van der Waals surface area contributed by atoms with Crippen LogP contribution in [0.1, 0.15) is 39.7 Å². The van der Waals surface area contributed by atoms with Crippen molar-refractivity contribution in [3.05, 3.63) is 18.7 Å².